The van der Waals surface area contributed by atoms with Gasteiger partial charge in [0, 0.05) is 25.8 Å². The Morgan fingerprint density at radius 2 is 2.00 bits per heavy atom. The largest absolute Gasteiger partial charge is 0.383 e. The zero-order valence-electron chi connectivity index (χ0n) is 13.1. The molecule has 4 nitrogen and oxygen atoms in total. The van der Waals surface area contributed by atoms with Gasteiger partial charge in [-0.2, -0.15) is 5.10 Å². The van der Waals surface area contributed by atoms with Gasteiger partial charge in [-0.15, -0.1) is 0 Å². The highest BCUT2D eigenvalue weighted by Gasteiger charge is 2.15. The number of anilines is 1. The molecule has 0 bridgehead atoms. The van der Waals surface area contributed by atoms with Gasteiger partial charge in [0.1, 0.15) is 0 Å². The van der Waals surface area contributed by atoms with E-state index in [0.717, 1.165) is 18.8 Å². The highest BCUT2D eigenvalue weighted by molar-refractivity contribution is 5.39. The third-order valence-electron chi connectivity index (χ3n) is 3.72. The van der Waals surface area contributed by atoms with E-state index in [4.69, 9.17) is 4.74 Å². The molecule has 0 aliphatic rings. The maximum absolute atomic E-state index is 5.06. The zero-order chi connectivity index (χ0) is 15.1. The lowest BCUT2D eigenvalue weighted by Crippen LogP contribution is -2.17. The lowest BCUT2D eigenvalue weighted by atomic mass is 9.88. The van der Waals surface area contributed by atoms with Crippen molar-refractivity contribution in [2.24, 2.45) is 5.92 Å². The van der Waals surface area contributed by atoms with E-state index in [1.165, 1.54) is 5.56 Å². The molecule has 0 amide bonds. The van der Waals surface area contributed by atoms with Gasteiger partial charge in [0.15, 0.2) is 0 Å². The van der Waals surface area contributed by atoms with Gasteiger partial charge in [-0.3, -0.25) is 4.68 Å². The van der Waals surface area contributed by atoms with Crippen molar-refractivity contribution in [3.63, 3.8) is 0 Å². The van der Waals surface area contributed by atoms with E-state index in [1.54, 1.807) is 7.11 Å². The molecule has 0 aliphatic heterocycles. The van der Waals surface area contributed by atoms with Crippen LogP contribution in [-0.4, -0.2) is 30.0 Å². The van der Waals surface area contributed by atoms with Crippen LogP contribution in [0.15, 0.2) is 42.7 Å². The lowest BCUT2D eigenvalue weighted by molar-refractivity contribution is 0.183. The van der Waals surface area contributed by atoms with Gasteiger partial charge in [-0.05, 0) is 11.5 Å². The Balaban J connectivity index is 1.94. The van der Waals surface area contributed by atoms with E-state index in [9.17, 15) is 0 Å². The second-order valence-corrected chi connectivity index (χ2v) is 5.63. The van der Waals surface area contributed by atoms with Gasteiger partial charge in [0.25, 0.3) is 0 Å². The Hall–Kier alpha value is -1.81. The van der Waals surface area contributed by atoms with Crippen LogP contribution in [0.25, 0.3) is 0 Å². The molecular formula is C17H25N3O. The Morgan fingerprint density at radius 1 is 1.24 bits per heavy atom. The van der Waals surface area contributed by atoms with Crippen molar-refractivity contribution < 1.29 is 4.74 Å². The van der Waals surface area contributed by atoms with Crippen LogP contribution in [0.1, 0.15) is 25.3 Å². The van der Waals surface area contributed by atoms with Crippen molar-refractivity contribution in [2.45, 2.75) is 26.3 Å². The minimum atomic E-state index is 0.494. The molecular weight excluding hydrogens is 262 g/mol. The first-order valence-electron chi connectivity index (χ1n) is 7.51. The van der Waals surface area contributed by atoms with Crippen molar-refractivity contribution in [2.75, 3.05) is 25.6 Å². The minimum absolute atomic E-state index is 0.494. The molecule has 1 aromatic heterocycles. The van der Waals surface area contributed by atoms with Crippen LogP contribution < -0.4 is 5.32 Å². The average molecular weight is 287 g/mol. The quantitative estimate of drug-likeness (QED) is 0.809. The van der Waals surface area contributed by atoms with Crippen LogP contribution in [-0.2, 0) is 11.3 Å². The van der Waals surface area contributed by atoms with Crippen molar-refractivity contribution in [3.05, 3.63) is 48.3 Å². The van der Waals surface area contributed by atoms with E-state index in [2.05, 4.69) is 54.6 Å². The fourth-order valence-corrected chi connectivity index (χ4v) is 2.43. The van der Waals surface area contributed by atoms with Gasteiger partial charge in [0.2, 0.25) is 0 Å². The molecule has 1 aromatic carbocycles. The predicted octanol–water partition coefficient (Wildman–Crippen LogP) is 3.38. The van der Waals surface area contributed by atoms with Crippen LogP contribution in [0.2, 0.25) is 0 Å². The fraction of sp³-hybridized carbons (Fsp3) is 0.471. The number of nitrogens with zero attached hydrogens (tertiary/aromatic N) is 2. The normalized spacial score (nSPS) is 12.6. The van der Waals surface area contributed by atoms with Gasteiger partial charge >= 0.3 is 0 Å². The van der Waals surface area contributed by atoms with Gasteiger partial charge in [-0.25, -0.2) is 0 Å². The molecule has 1 unspecified atom stereocenters. The first kappa shape index (κ1) is 15.6. The maximum atomic E-state index is 5.06. The molecule has 2 rings (SSSR count). The number of benzene rings is 1. The summed E-state index contributed by atoms with van der Waals surface area (Å²) in [7, 11) is 1.70. The first-order valence-corrected chi connectivity index (χ1v) is 7.51. The third-order valence-corrected chi connectivity index (χ3v) is 3.72. The molecule has 0 saturated heterocycles. The molecule has 2 aromatic rings. The number of rotatable bonds is 8. The molecule has 0 radical (unpaired) electrons. The second kappa shape index (κ2) is 7.84. The number of hydrogen-bond acceptors (Lipinski definition) is 3. The van der Waals surface area contributed by atoms with Crippen molar-refractivity contribution >= 4 is 5.69 Å². The average Bonchev–Trinajstić information content (AvgIpc) is 2.94. The fourth-order valence-electron chi connectivity index (χ4n) is 2.43. The summed E-state index contributed by atoms with van der Waals surface area (Å²) >= 11 is 0. The number of nitrogens with one attached hydrogen (secondary N) is 1. The first-order chi connectivity index (χ1) is 10.2. The van der Waals surface area contributed by atoms with Crippen LogP contribution in [0, 0.1) is 5.92 Å². The predicted molar refractivity (Wildman–Crippen MR) is 86.6 cm³/mol. The standard InChI is InChI=1S/C17H25N3O/c1-14(2)17(15-7-5-4-6-8-15)12-18-16-11-19-20(13-16)9-10-21-3/h4-8,11,13-14,17-18H,9-10,12H2,1-3H3. The third kappa shape index (κ3) is 4.60. The smallest absolute Gasteiger partial charge is 0.0726 e. The van der Waals surface area contributed by atoms with Gasteiger partial charge in [0.05, 0.1) is 25.0 Å². The van der Waals surface area contributed by atoms with Crippen LogP contribution >= 0.6 is 0 Å². The molecule has 0 fully saturated rings. The summed E-state index contributed by atoms with van der Waals surface area (Å²) < 4.78 is 6.96. The summed E-state index contributed by atoms with van der Waals surface area (Å²) in [5.41, 5.74) is 2.44. The number of aromatic nitrogens is 2. The summed E-state index contributed by atoms with van der Waals surface area (Å²) in [5, 5.41) is 7.82. The van der Waals surface area contributed by atoms with E-state index >= 15 is 0 Å². The van der Waals surface area contributed by atoms with Crippen molar-refractivity contribution in [1.29, 1.82) is 0 Å². The highest BCUT2D eigenvalue weighted by Crippen LogP contribution is 2.24. The summed E-state index contributed by atoms with van der Waals surface area (Å²) in [5.74, 6) is 1.08. The second-order valence-electron chi connectivity index (χ2n) is 5.63. The molecule has 1 atom stereocenters. The van der Waals surface area contributed by atoms with E-state index in [0.29, 0.717) is 18.4 Å². The summed E-state index contributed by atoms with van der Waals surface area (Å²) in [6.07, 6.45) is 3.90. The molecule has 21 heavy (non-hydrogen) atoms. The Bertz CT molecular complexity index is 522. The van der Waals surface area contributed by atoms with Gasteiger partial charge < -0.3 is 10.1 Å². The molecule has 114 valence electrons. The number of hydrogen-bond donors (Lipinski definition) is 1. The molecule has 1 heterocycles. The maximum Gasteiger partial charge on any atom is 0.0726 e. The topological polar surface area (TPSA) is 39.1 Å². The van der Waals surface area contributed by atoms with Gasteiger partial charge in [-0.1, -0.05) is 44.2 Å². The number of ether oxygens (including phenoxy) is 1. The van der Waals surface area contributed by atoms with E-state index < -0.39 is 0 Å². The molecule has 4 heteroatoms. The monoisotopic (exact) mass is 287 g/mol. The van der Waals surface area contributed by atoms with E-state index in [1.807, 2.05) is 17.1 Å². The molecule has 1 N–H and O–H groups in total. The number of methoxy groups -OCH3 is 1. The molecule has 0 spiro atoms. The molecule has 0 aliphatic carbocycles. The zero-order valence-corrected chi connectivity index (χ0v) is 13.1. The molecule has 0 saturated carbocycles. The summed E-state index contributed by atoms with van der Waals surface area (Å²) in [6.45, 7) is 6.91. The minimum Gasteiger partial charge on any atom is -0.383 e. The highest BCUT2D eigenvalue weighted by atomic mass is 16.5. The van der Waals surface area contributed by atoms with Crippen molar-refractivity contribution in [3.8, 4) is 0 Å². The Labute approximate surface area is 127 Å². The Kier molecular flexibility index (Phi) is 5.81. The lowest BCUT2D eigenvalue weighted by Gasteiger charge is -2.22. The SMILES string of the molecule is COCCn1cc(NCC(c2ccccc2)C(C)C)cn1. The van der Waals surface area contributed by atoms with Crippen LogP contribution in [0.5, 0.6) is 0 Å². The summed E-state index contributed by atoms with van der Waals surface area (Å²) in [4.78, 5) is 0. The Morgan fingerprint density at radius 3 is 2.67 bits per heavy atom. The van der Waals surface area contributed by atoms with Crippen molar-refractivity contribution in [1.82, 2.24) is 9.78 Å². The van der Waals surface area contributed by atoms with Crippen LogP contribution in [0.4, 0.5) is 5.69 Å². The van der Waals surface area contributed by atoms with Crippen LogP contribution in [0.3, 0.4) is 0 Å². The summed E-state index contributed by atoms with van der Waals surface area (Å²) in [6, 6.07) is 10.7. The van der Waals surface area contributed by atoms with E-state index in [-0.39, 0.29) is 0 Å².